The SMILES string of the molecule is CC(CNS(=O)(=O)c1ccccc1N)N1CCCCC1. The number of hydrogen-bond acceptors (Lipinski definition) is 4. The van der Waals surface area contributed by atoms with E-state index in [1.165, 1.54) is 25.3 Å². The maximum Gasteiger partial charge on any atom is 0.242 e. The molecule has 0 aliphatic carbocycles. The number of rotatable bonds is 5. The Hall–Kier alpha value is -1.11. The topological polar surface area (TPSA) is 75.4 Å². The highest BCUT2D eigenvalue weighted by molar-refractivity contribution is 7.89. The normalized spacial score (nSPS) is 18.9. The molecule has 0 saturated carbocycles. The van der Waals surface area contributed by atoms with E-state index in [2.05, 4.69) is 16.5 Å². The molecular weight excluding hydrogens is 274 g/mol. The first kappa shape index (κ1) is 15.3. The van der Waals surface area contributed by atoms with Crippen LogP contribution in [0.3, 0.4) is 0 Å². The van der Waals surface area contributed by atoms with Gasteiger partial charge < -0.3 is 5.73 Å². The van der Waals surface area contributed by atoms with Gasteiger partial charge in [-0.25, -0.2) is 13.1 Å². The summed E-state index contributed by atoms with van der Waals surface area (Å²) in [5, 5.41) is 0. The fraction of sp³-hybridized carbons (Fsp3) is 0.571. The van der Waals surface area contributed by atoms with Crippen molar-refractivity contribution in [2.45, 2.75) is 37.1 Å². The van der Waals surface area contributed by atoms with Crippen molar-refractivity contribution in [1.29, 1.82) is 0 Å². The van der Waals surface area contributed by atoms with Crippen molar-refractivity contribution in [3.8, 4) is 0 Å². The van der Waals surface area contributed by atoms with Crippen LogP contribution >= 0.6 is 0 Å². The van der Waals surface area contributed by atoms with Crippen LogP contribution in [-0.4, -0.2) is 39.0 Å². The third kappa shape index (κ3) is 3.71. The minimum Gasteiger partial charge on any atom is -0.398 e. The molecule has 20 heavy (non-hydrogen) atoms. The summed E-state index contributed by atoms with van der Waals surface area (Å²) in [6.45, 7) is 4.57. The van der Waals surface area contributed by atoms with Gasteiger partial charge in [0.25, 0.3) is 0 Å². The van der Waals surface area contributed by atoms with E-state index in [0.29, 0.717) is 6.54 Å². The molecule has 0 spiro atoms. The number of piperidine rings is 1. The zero-order chi connectivity index (χ0) is 14.6. The van der Waals surface area contributed by atoms with E-state index in [1.807, 2.05) is 0 Å². The van der Waals surface area contributed by atoms with Crippen LogP contribution in [0.2, 0.25) is 0 Å². The van der Waals surface area contributed by atoms with Crippen LogP contribution in [-0.2, 0) is 10.0 Å². The minimum absolute atomic E-state index is 0.158. The maximum atomic E-state index is 12.2. The van der Waals surface area contributed by atoms with Crippen LogP contribution in [0.15, 0.2) is 29.2 Å². The van der Waals surface area contributed by atoms with Gasteiger partial charge in [0.05, 0.1) is 5.69 Å². The Balaban J connectivity index is 1.97. The average molecular weight is 297 g/mol. The van der Waals surface area contributed by atoms with E-state index in [9.17, 15) is 8.42 Å². The summed E-state index contributed by atoms with van der Waals surface area (Å²) in [7, 11) is -3.53. The van der Waals surface area contributed by atoms with Gasteiger partial charge in [0.1, 0.15) is 4.90 Å². The lowest BCUT2D eigenvalue weighted by atomic mass is 10.1. The summed E-state index contributed by atoms with van der Waals surface area (Å²) in [6.07, 6.45) is 3.67. The Morgan fingerprint density at radius 3 is 2.55 bits per heavy atom. The maximum absolute atomic E-state index is 12.2. The molecule has 112 valence electrons. The van der Waals surface area contributed by atoms with Crippen molar-refractivity contribution in [3.63, 3.8) is 0 Å². The quantitative estimate of drug-likeness (QED) is 0.806. The summed E-state index contributed by atoms with van der Waals surface area (Å²) in [5.41, 5.74) is 6.01. The minimum atomic E-state index is -3.53. The third-order valence-electron chi connectivity index (χ3n) is 3.79. The van der Waals surface area contributed by atoms with Crippen LogP contribution in [0.1, 0.15) is 26.2 Å². The van der Waals surface area contributed by atoms with Crippen molar-refractivity contribution >= 4 is 15.7 Å². The highest BCUT2D eigenvalue weighted by Gasteiger charge is 2.21. The predicted octanol–water partition coefficient (Wildman–Crippen LogP) is 1.42. The van der Waals surface area contributed by atoms with E-state index in [1.54, 1.807) is 18.2 Å². The Labute approximate surface area is 121 Å². The molecule has 3 N–H and O–H groups in total. The first-order valence-corrected chi connectivity index (χ1v) is 8.57. The average Bonchev–Trinajstić information content (AvgIpc) is 2.46. The number of likely N-dealkylation sites (tertiary alicyclic amines) is 1. The number of hydrogen-bond donors (Lipinski definition) is 2. The molecule has 0 bridgehead atoms. The molecule has 1 atom stereocenters. The van der Waals surface area contributed by atoms with Crippen molar-refractivity contribution in [2.24, 2.45) is 0 Å². The lowest BCUT2D eigenvalue weighted by Crippen LogP contribution is -2.44. The van der Waals surface area contributed by atoms with E-state index in [0.717, 1.165) is 13.1 Å². The molecule has 0 radical (unpaired) electrons. The van der Waals surface area contributed by atoms with Gasteiger partial charge >= 0.3 is 0 Å². The molecule has 6 heteroatoms. The first-order valence-electron chi connectivity index (χ1n) is 7.09. The van der Waals surface area contributed by atoms with E-state index < -0.39 is 10.0 Å². The standard InChI is InChI=1S/C14H23N3O2S/c1-12(17-9-5-2-6-10-17)11-16-20(18,19)14-8-4-3-7-13(14)15/h3-4,7-8,12,16H,2,5-6,9-11,15H2,1H3. The molecule has 1 aromatic carbocycles. The zero-order valence-electron chi connectivity index (χ0n) is 11.9. The molecule has 1 aromatic rings. The van der Waals surface area contributed by atoms with E-state index in [-0.39, 0.29) is 16.6 Å². The summed E-state index contributed by atoms with van der Waals surface area (Å²) >= 11 is 0. The zero-order valence-corrected chi connectivity index (χ0v) is 12.7. The van der Waals surface area contributed by atoms with Gasteiger partial charge in [-0.3, -0.25) is 4.90 Å². The Kier molecular flexibility index (Phi) is 5.01. The van der Waals surface area contributed by atoms with Gasteiger partial charge in [-0.05, 0) is 45.0 Å². The molecule has 0 amide bonds. The van der Waals surface area contributed by atoms with Gasteiger partial charge in [-0.2, -0.15) is 0 Å². The number of anilines is 1. The fourth-order valence-electron chi connectivity index (χ4n) is 2.52. The van der Waals surface area contributed by atoms with E-state index in [4.69, 9.17) is 5.73 Å². The molecule has 1 fully saturated rings. The van der Waals surface area contributed by atoms with Crippen molar-refractivity contribution in [1.82, 2.24) is 9.62 Å². The number of nitrogens with zero attached hydrogens (tertiary/aromatic N) is 1. The Bertz CT molecular complexity index is 539. The van der Waals surface area contributed by atoms with Crippen LogP contribution in [0.4, 0.5) is 5.69 Å². The van der Waals surface area contributed by atoms with Crippen LogP contribution in [0.25, 0.3) is 0 Å². The summed E-state index contributed by atoms with van der Waals surface area (Å²) < 4.78 is 27.1. The van der Waals surface area contributed by atoms with Gasteiger partial charge in [0.2, 0.25) is 10.0 Å². The van der Waals surface area contributed by atoms with Crippen molar-refractivity contribution < 1.29 is 8.42 Å². The molecular formula is C14H23N3O2S. The number of benzene rings is 1. The van der Waals surface area contributed by atoms with Gasteiger partial charge in [0, 0.05) is 12.6 Å². The third-order valence-corrected chi connectivity index (χ3v) is 5.29. The molecule has 1 aliphatic heterocycles. The molecule has 2 rings (SSSR count). The number of nitrogen functional groups attached to an aromatic ring is 1. The summed E-state index contributed by atoms with van der Waals surface area (Å²) in [4.78, 5) is 2.49. The van der Waals surface area contributed by atoms with Gasteiger partial charge in [-0.15, -0.1) is 0 Å². The first-order chi connectivity index (χ1) is 9.50. The van der Waals surface area contributed by atoms with Crippen molar-refractivity contribution in [2.75, 3.05) is 25.4 Å². The summed E-state index contributed by atoms with van der Waals surface area (Å²) in [6, 6.07) is 6.74. The second-order valence-electron chi connectivity index (χ2n) is 5.34. The second kappa shape index (κ2) is 6.56. The lowest BCUT2D eigenvalue weighted by Gasteiger charge is -2.32. The monoisotopic (exact) mass is 297 g/mol. The highest BCUT2D eigenvalue weighted by atomic mass is 32.2. The van der Waals surface area contributed by atoms with Gasteiger partial charge in [0.15, 0.2) is 0 Å². The highest BCUT2D eigenvalue weighted by Crippen LogP contribution is 2.17. The second-order valence-corrected chi connectivity index (χ2v) is 7.07. The fourth-order valence-corrected chi connectivity index (χ4v) is 3.77. The molecule has 1 saturated heterocycles. The largest absolute Gasteiger partial charge is 0.398 e. The number of nitrogens with one attached hydrogen (secondary N) is 1. The van der Waals surface area contributed by atoms with Crippen LogP contribution in [0, 0.1) is 0 Å². The molecule has 1 aliphatic rings. The summed E-state index contributed by atoms with van der Waals surface area (Å²) in [5.74, 6) is 0. The number of sulfonamides is 1. The number of para-hydroxylation sites is 1. The molecule has 1 heterocycles. The number of nitrogens with two attached hydrogens (primary N) is 1. The Morgan fingerprint density at radius 2 is 1.90 bits per heavy atom. The molecule has 0 aromatic heterocycles. The smallest absolute Gasteiger partial charge is 0.242 e. The van der Waals surface area contributed by atoms with E-state index >= 15 is 0 Å². The molecule has 5 nitrogen and oxygen atoms in total. The Morgan fingerprint density at radius 1 is 1.25 bits per heavy atom. The van der Waals surface area contributed by atoms with Crippen molar-refractivity contribution in [3.05, 3.63) is 24.3 Å². The predicted molar refractivity (Wildman–Crippen MR) is 80.9 cm³/mol. The van der Waals surface area contributed by atoms with Crippen LogP contribution in [0.5, 0.6) is 0 Å². The molecule has 1 unspecified atom stereocenters. The van der Waals surface area contributed by atoms with Crippen LogP contribution < -0.4 is 10.5 Å². The van der Waals surface area contributed by atoms with Gasteiger partial charge in [-0.1, -0.05) is 18.6 Å². The lowest BCUT2D eigenvalue weighted by molar-refractivity contribution is 0.175.